The second kappa shape index (κ2) is 8.45. The van der Waals surface area contributed by atoms with Crippen LogP contribution in [0, 0.1) is 0 Å². The zero-order valence-corrected chi connectivity index (χ0v) is 16.9. The normalized spacial score (nSPS) is 19.4. The molecule has 28 heavy (non-hydrogen) atoms. The SMILES string of the molecule is COc1cc(-c2nnc(N3CCC(N4CCOCC4)CC3)o2)cnc1C(C)C. The number of hydrogen-bond donors (Lipinski definition) is 0. The van der Waals surface area contributed by atoms with E-state index in [9.17, 15) is 0 Å². The molecule has 2 fully saturated rings. The van der Waals surface area contributed by atoms with Gasteiger partial charge in [0, 0.05) is 38.4 Å². The van der Waals surface area contributed by atoms with Crippen molar-refractivity contribution >= 4 is 6.01 Å². The van der Waals surface area contributed by atoms with Gasteiger partial charge in [-0.2, -0.15) is 0 Å². The van der Waals surface area contributed by atoms with E-state index in [0.29, 0.717) is 17.9 Å². The minimum absolute atomic E-state index is 0.287. The molecule has 0 unspecified atom stereocenters. The summed E-state index contributed by atoms with van der Waals surface area (Å²) in [6.07, 6.45) is 3.99. The van der Waals surface area contributed by atoms with Crippen LogP contribution >= 0.6 is 0 Å². The fourth-order valence-electron chi connectivity index (χ4n) is 3.99. The Balaban J connectivity index is 1.42. The minimum Gasteiger partial charge on any atom is -0.495 e. The zero-order valence-electron chi connectivity index (χ0n) is 16.9. The van der Waals surface area contributed by atoms with Crippen molar-refractivity contribution in [3.8, 4) is 17.2 Å². The van der Waals surface area contributed by atoms with Crippen LogP contribution in [-0.2, 0) is 4.74 Å². The molecule has 8 heteroatoms. The van der Waals surface area contributed by atoms with Crippen LogP contribution in [0.1, 0.15) is 38.3 Å². The molecule has 0 N–H and O–H groups in total. The number of methoxy groups -OCH3 is 1. The van der Waals surface area contributed by atoms with Gasteiger partial charge in [-0.15, -0.1) is 5.10 Å². The van der Waals surface area contributed by atoms with Crippen molar-refractivity contribution in [3.05, 3.63) is 18.0 Å². The lowest BCUT2D eigenvalue weighted by atomic mass is 10.0. The maximum Gasteiger partial charge on any atom is 0.318 e. The van der Waals surface area contributed by atoms with Crippen molar-refractivity contribution in [2.24, 2.45) is 0 Å². The van der Waals surface area contributed by atoms with Gasteiger partial charge in [-0.05, 0) is 24.8 Å². The molecule has 2 aromatic rings. The van der Waals surface area contributed by atoms with Crippen LogP contribution in [0.15, 0.2) is 16.7 Å². The highest BCUT2D eigenvalue weighted by molar-refractivity contribution is 5.56. The van der Waals surface area contributed by atoms with Crippen molar-refractivity contribution in [3.63, 3.8) is 0 Å². The summed E-state index contributed by atoms with van der Waals surface area (Å²) in [4.78, 5) is 9.26. The van der Waals surface area contributed by atoms with Crippen LogP contribution in [0.4, 0.5) is 6.01 Å². The largest absolute Gasteiger partial charge is 0.495 e. The molecular weight excluding hydrogens is 358 g/mol. The Morgan fingerprint density at radius 3 is 2.54 bits per heavy atom. The molecule has 2 aromatic heterocycles. The summed E-state index contributed by atoms with van der Waals surface area (Å²) in [5, 5.41) is 8.51. The average molecular weight is 387 g/mol. The predicted molar refractivity (Wildman–Crippen MR) is 106 cm³/mol. The summed E-state index contributed by atoms with van der Waals surface area (Å²) >= 11 is 0. The fraction of sp³-hybridized carbons (Fsp3) is 0.650. The maximum atomic E-state index is 5.96. The Hall–Kier alpha value is -2.19. The van der Waals surface area contributed by atoms with Crippen LogP contribution in [0.5, 0.6) is 5.75 Å². The summed E-state index contributed by atoms with van der Waals surface area (Å²) < 4.78 is 16.9. The zero-order chi connectivity index (χ0) is 19.5. The molecule has 0 amide bonds. The summed E-state index contributed by atoms with van der Waals surface area (Å²) in [5.41, 5.74) is 1.71. The molecule has 0 atom stereocenters. The monoisotopic (exact) mass is 387 g/mol. The quantitative estimate of drug-likeness (QED) is 0.775. The number of piperidine rings is 1. The lowest BCUT2D eigenvalue weighted by Gasteiger charge is -2.39. The number of nitrogens with zero attached hydrogens (tertiary/aromatic N) is 5. The van der Waals surface area contributed by atoms with Gasteiger partial charge in [0.05, 0.1) is 31.6 Å². The number of anilines is 1. The summed E-state index contributed by atoms with van der Waals surface area (Å²) in [5.74, 6) is 1.51. The first kappa shape index (κ1) is 19.1. The van der Waals surface area contributed by atoms with E-state index >= 15 is 0 Å². The molecule has 0 bridgehead atoms. The van der Waals surface area contributed by atoms with Gasteiger partial charge in [-0.3, -0.25) is 9.88 Å². The van der Waals surface area contributed by atoms with E-state index in [1.807, 2.05) is 6.07 Å². The molecule has 2 aliphatic rings. The van der Waals surface area contributed by atoms with E-state index in [-0.39, 0.29) is 5.92 Å². The molecule has 2 aliphatic heterocycles. The first-order chi connectivity index (χ1) is 13.7. The molecule has 0 saturated carbocycles. The van der Waals surface area contributed by atoms with Gasteiger partial charge in [0.2, 0.25) is 0 Å². The van der Waals surface area contributed by atoms with Crippen LogP contribution in [-0.4, -0.2) is 72.6 Å². The van der Waals surface area contributed by atoms with Crippen molar-refractivity contribution in [1.29, 1.82) is 0 Å². The van der Waals surface area contributed by atoms with E-state index in [1.165, 1.54) is 0 Å². The predicted octanol–water partition coefficient (Wildman–Crippen LogP) is 2.56. The molecule has 8 nitrogen and oxygen atoms in total. The third-order valence-electron chi connectivity index (χ3n) is 5.61. The summed E-state index contributed by atoms with van der Waals surface area (Å²) in [6, 6.07) is 3.13. The lowest BCUT2D eigenvalue weighted by Crippen LogP contribution is -2.49. The lowest BCUT2D eigenvalue weighted by molar-refractivity contribution is 0.0113. The first-order valence-corrected chi connectivity index (χ1v) is 10.1. The standard InChI is InChI=1S/C20H29N5O3/c1-14(2)18-17(26-3)12-15(13-21-18)19-22-23-20(28-19)25-6-4-16(5-7-25)24-8-10-27-11-9-24/h12-14,16H,4-11H2,1-3H3. The van der Waals surface area contributed by atoms with Crippen LogP contribution in [0.25, 0.3) is 11.5 Å². The Labute approximate surface area is 165 Å². The van der Waals surface area contributed by atoms with Crippen molar-refractivity contribution < 1.29 is 13.9 Å². The van der Waals surface area contributed by atoms with Gasteiger partial charge in [-0.25, -0.2) is 0 Å². The highest BCUT2D eigenvalue weighted by atomic mass is 16.5. The van der Waals surface area contributed by atoms with Gasteiger partial charge in [0.15, 0.2) is 0 Å². The van der Waals surface area contributed by atoms with E-state index in [0.717, 1.165) is 69.2 Å². The summed E-state index contributed by atoms with van der Waals surface area (Å²) in [6.45, 7) is 9.81. The van der Waals surface area contributed by atoms with Crippen molar-refractivity contribution in [2.75, 3.05) is 51.4 Å². The third-order valence-corrected chi connectivity index (χ3v) is 5.61. The molecule has 152 valence electrons. The average Bonchev–Trinajstić information content (AvgIpc) is 3.24. The molecule has 0 aliphatic carbocycles. The molecule has 4 rings (SSSR count). The molecule has 2 saturated heterocycles. The minimum atomic E-state index is 0.287. The molecule has 0 spiro atoms. The van der Waals surface area contributed by atoms with E-state index in [2.05, 4.69) is 38.8 Å². The van der Waals surface area contributed by atoms with E-state index in [4.69, 9.17) is 13.9 Å². The molecular formula is C20H29N5O3. The van der Waals surface area contributed by atoms with E-state index in [1.54, 1.807) is 13.3 Å². The van der Waals surface area contributed by atoms with Crippen molar-refractivity contribution in [2.45, 2.75) is 38.6 Å². The number of rotatable bonds is 5. The third kappa shape index (κ3) is 3.98. The highest BCUT2D eigenvalue weighted by Crippen LogP contribution is 2.30. The van der Waals surface area contributed by atoms with Gasteiger partial charge < -0.3 is 18.8 Å². The van der Waals surface area contributed by atoms with Crippen molar-refractivity contribution in [1.82, 2.24) is 20.1 Å². The van der Waals surface area contributed by atoms with Gasteiger partial charge in [0.25, 0.3) is 5.89 Å². The van der Waals surface area contributed by atoms with E-state index < -0.39 is 0 Å². The van der Waals surface area contributed by atoms with Crippen LogP contribution in [0.2, 0.25) is 0 Å². The second-order valence-corrected chi connectivity index (χ2v) is 7.72. The van der Waals surface area contributed by atoms with Crippen LogP contribution < -0.4 is 9.64 Å². The van der Waals surface area contributed by atoms with Crippen LogP contribution in [0.3, 0.4) is 0 Å². The Morgan fingerprint density at radius 1 is 1.11 bits per heavy atom. The Morgan fingerprint density at radius 2 is 1.86 bits per heavy atom. The smallest absolute Gasteiger partial charge is 0.318 e. The number of hydrogen-bond acceptors (Lipinski definition) is 8. The maximum absolute atomic E-state index is 5.96. The molecule has 0 aromatic carbocycles. The molecule has 0 radical (unpaired) electrons. The topological polar surface area (TPSA) is 76.8 Å². The Bertz CT molecular complexity index is 780. The molecule has 4 heterocycles. The number of morpholine rings is 1. The number of pyridine rings is 1. The second-order valence-electron chi connectivity index (χ2n) is 7.72. The van der Waals surface area contributed by atoms with Gasteiger partial charge in [-0.1, -0.05) is 18.9 Å². The van der Waals surface area contributed by atoms with Gasteiger partial charge >= 0.3 is 6.01 Å². The fourth-order valence-corrected chi connectivity index (χ4v) is 3.99. The summed E-state index contributed by atoms with van der Waals surface area (Å²) in [7, 11) is 1.66. The van der Waals surface area contributed by atoms with Gasteiger partial charge in [0.1, 0.15) is 5.75 Å². The highest BCUT2D eigenvalue weighted by Gasteiger charge is 2.28. The first-order valence-electron chi connectivity index (χ1n) is 10.1. The number of ether oxygens (including phenoxy) is 2. The number of aromatic nitrogens is 3. The Kier molecular flexibility index (Phi) is 5.77.